The fraction of sp³-hybridized carbons (Fsp3) is 0.462. The number of thiophene rings is 1. The van der Waals surface area contributed by atoms with Crippen molar-refractivity contribution in [2.24, 2.45) is 0 Å². The quantitative estimate of drug-likeness (QED) is 0.914. The maximum absolute atomic E-state index is 4.20. The molecule has 0 radical (unpaired) electrons. The van der Waals surface area contributed by atoms with Gasteiger partial charge in [0.1, 0.15) is 0 Å². The number of rotatable bonds is 3. The van der Waals surface area contributed by atoms with Crippen molar-refractivity contribution in [2.75, 3.05) is 19.6 Å². The second-order valence-electron chi connectivity index (χ2n) is 4.84. The van der Waals surface area contributed by atoms with Gasteiger partial charge in [-0.1, -0.05) is 6.07 Å². The van der Waals surface area contributed by atoms with Crippen molar-refractivity contribution < 1.29 is 0 Å². The van der Waals surface area contributed by atoms with E-state index in [9.17, 15) is 0 Å². The van der Waals surface area contributed by atoms with E-state index in [1.165, 1.54) is 16.1 Å². The van der Waals surface area contributed by atoms with Crippen molar-refractivity contribution in [1.82, 2.24) is 20.4 Å². The monoisotopic (exact) mass is 298 g/mol. The van der Waals surface area contributed by atoms with Crippen LogP contribution in [0.3, 0.4) is 0 Å². The SMILES string of the molecule is C[C@H]1CN(Cc2cn[nH]c2-c2cccs2)CCN1.Cl. The lowest BCUT2D eigenvalue weighted by Gasteiger charge is -2.31. The van der Waals surface area contributed by atoms with Gasteiger partial charge in [0.15, 0.2) is 0 Å². The lowest BCUT2D eigenvalue weighted by Crippen LogP contribution is -2.48. The molecule has 1 aliphatic rings. The molecule has 0 aromatic carbocycles. The Morgan fingerprint density at radius 3 is 3.16 bits per heavy atom. The molecule has 1 atom stereocenters. The Kier molecular flexibility index (Phi) is 4.99. The number of halogens is 1. The third kappa shape index (κ3) is 3.36. The van der Waals surface area contributed by atoms with Gasteiger partial charge in [0, 0.05) is 37.8 Å². The summed E-state index contributed by atoms with van der Waals surface area (Å²) in [7, 11) is 0. The smallest absolute Gasteiger partial charge is 0.0794 e. The van der Waals surface area contributed by atoms with Gasteiger partial charge in [0.05, 0.1) is 16.8 Å². The summed E-state index contributed by atoms with van der Waals surface area (Å²) in [5, 5.41) is 12.9. The number of nitrogens with zero attached hydrogens (tertiary/aromatic N) is 2. The van der Waals surface area contributed by atoms with Crippen molar-refractivity contribution in [3.63, 3.8) is 0 Å². The van der Waals surface area contributed by atoms with Gasteiger partial charge in [-0.2, -0.15) is 5.10 Å². The molecule has 1 aliphatic heterocycles. The average molecular weight is 299 g/mol. The van der Waals surface area contributed by atoms with E-state index in [1.54, 1.807) is 11.3 Å². The summed E-state index contributed by atoms with van der Waals surface area (Å²) in [6, 6.07) is 4.80. The first-order valence-electron chi connectivity index (χ1n) is 6.35. The van der Waals surface area contributed by atoms with Crippen LogP contribution in [-0.4, -0.2) is 40.8 Å². The Hall–Kier alpha value is -0.880. The molecule has 104 valence electrons. The van der Waals surface area contributed by atoms with Gasteiger partial charge >= 0.3 is 0 Å². The van der Waals surface area contributed by atoms with Crippen LogP contribution in [0.25, 0.3) is 10.6 Å². The second-order valence-corrected chi connectivity index (χ2v) is 5.79. The predicted molar refractivity (Wildman–Crippen MR) is 81.9 cm³/mol. The molecule has 19 heavy (non-hydrogen) atoms. The van der Waals surface area contributed by atoms with Crippen LogP contribution in [0.1, 0.15) is 12.5 Å². The predicted octanol–water partition coefficient (Wildman–Crippen LogP) is 2.35. The number of hydrogen-bond acceptors (Lipinski definition) is 4. The van der Waals surface area contributed by atoms with Crippen LogP contribution >= 0.6 is 23.7 Å². The highest BCUT2D eigenvalue weighted by atomic mass is 35.5. The van der Waals surface area contributed by atoms with E-state index < -0.39 is 0 Å². The molecule has 2 aromatic heterocycles. The van der Waals surface area contributed by atoms with Gasteiger partial charge in [-0.05, 0) is 18.4 Å². The molecule has 0 amide bonds. The number of aromatic nitrogens is 2. The molecule has 0 aliphatic carbocycles. The number of nitrogens with one attached hydrogen (secondary N) is 2. The fourth-order valence-electron chi connectivity index (χ4n) is 2.46. The molecule has 0 unspecified atom stereocenters. The molecular weight excluding hydrogens is 280 g/mol. The van der Waals surface area contributed by atoms with E-state index in [0.717, 1.165) is 26.2 Å². The first-order valence-corrected chi connectivity index (χ1v) is 7.23. The molecule has 2 N–H and O–H groups in total. The van der Waals surface area contributed by atoms with Crippen molar-refractivity contribution in [1.29, 1.82) is 0 Å². The van der Waals surface area contributed by atoms with Gasteiger partial charge in [-0.15, -0.1) is 23.7 Å². The summed E-state index contributed by atoms with van der Waals surface area (Å²) >= 11 is 1.76. The first kappa shape index (κ1) is 14.5. The Bertz CT molecular complexity index is 496. The van der Waals surface area contributed by atoms with Crippen LogP contribution in [0.15, 0.2) is 23.7 Å². The summed E-state index contributed by atoms with van der Waals surface area (Å²) in [6.45, 7) is 6.51. The molecule has 3 heterocycles. The zero-order chi connectivity index (χ0) is 12.4. The Morgan fingerprint density at radius 2 is 2.42 bits per heavy atom. The highest BCUT2D eigenvalue weighted by Gasteiger charge is 2.18. The maximum atomic E-state index is 4.20. The summed E-state index contributed by atoms with van der Waals surface area (Å²) in [4.78, 5) is 3.76. The molecule has 6 heteroatoms. The molecular formula is C13H19ClN4S. The van der Waals surface area contributed by atoms with E-state index in [1.807, 2.05) is 6.20 Å². The highest BCUT2D eigenvalue weighted by Crippen LogP contribution is 2.26. The normalized spacial score (nSPS) is 20.2. The molecule has 0 saturated carbocycles. The van der Waals surface area contributed by atoms with E-state index in [4.69, 9.17) is 0 Å². The lowest BCUT2D eigenvalue weighted by molar-refractivity contribution is 0.200. The summed E-state index contributed by atoms with van der Waals surface area (Å²) < 4.78 is 0. The van der Waals surface area contributed by atoms with E-state index in [2.05, 4.69) is 44.9 Å². The fourth-order valence-corrected chi connectivity index (χ4v) is 3.22. The van der Waals surface area contributed by atoms with Gasteiger partial charge in [-0.25, -0.2) is 0 Å². The van der Waals surface area contributed by atoms with Crippen molar-refractivity contribution in [3.8, 4) is 10.6 Å². The van der Waals surface area contributed by atoms with Gasteiger partial charge in [0.25, 0.3) is 0 Å². The van der Waals surface area contributed by atoms with E-state index >= 15 is 0 Å². The number of hydrogen-bond donors (Lipinski definition) is 2. The Balaban J connectivity index is 0.00000133. The molecule has 2 aromatic rings. The average Bonchev–Trinajstić information content (AvgIpc) is 2.98. The zero-order valence-electron chi connectivity index (χ0n) is 10.9. The van der Waals surface area contributed by atoms with Crippen LogP contribution in [0.5, 0.6) is 0 Å². The number of piperazine rings is 1. The summed E-state index contributed by atoms with van der Waals surface area (Å²) in [6.07, 6.45) is 1.96. The van der Waals surface area contributed by atoms with Crippen molar-refractivity contribution in [3.05, 3.63) is 29.3 Å². The standard InChI is InChI=1S/C13H18N4S.ClH/c1-10-8-17(5-4-14-10)9-11-7-15-16-13(11)12-3-2-6-18-12;/h2-3,6-7,10,14H,4-5,8-9H2,1H3,(H,15,16);1H/t10-;/m0./s1. The Labute approximate surface area is 123 Å². The molecule has 4 nitrogen and oxygen atoms in total. The molecule has 1 saturated heterocycles. The molecule has 0 bridgehead atoms. The first-order chi connectivity index (χ1) is 8.83. The molecule has 1 fully saturated rings. The van der Waals surface area contributed by atoms with Crippen LogP contribution in [-0.2, 0) is 6.54 Å². The van der Waals surface area contributed by atoms with Gasteiger partial charge in [-0.3, -0.25) is 10.00 Å². The minimum Gasteiger partial charge on any atom is -0.312 e. The van der Waals surface area contributed by atoms with Crippen LogP contribution in [0.4, 0.5) is 0 Å². The molecule has 3 rings (SSSR count). The summed E-state index contributed by atoms with van der Waals surface area (Å²) in [5.74, 6) is 0. The third-order valence-corrected chi connectivity index (χ3v) is 4.22. The minimum absolute atomic E-state index is 0. The van der Waals surface area contributed by atoms with Crippen LogP contribution < -0.4 is 5.32 Å². The highest BCUT2D eigenvalue weighted by molar-refractivity contribution is 7.13. The number of H-pyrrole nitrogens is 1. The van der Waals surface area contributed by atoms with Crippen LogP contribution in [0.2, 0.25) is 0 Å². The Morgan fingerprint density at radius 1 is 1.53 bits per heavy atom. The third-order valence-electron chi connectivity index (χ3n) is 3.33. The summed E-state index contributed by atoms with van der Waals surface area (Å²) in [5.41, 5.74) is 2.47. The van der Waals surface area contributed by atoms with Gasteiger partial charge in [0.2, 0.25) is 0 Å². The van der Waals surface area contributed by atoms with Crippen LogP contribution in [0, 0.1) is 0 Å². The number of aromatic amines is 1. The largest absolute Gasteiger partial charge is 0.312 e. The topological polar surface area (TPSA) is 44.0 Å². The minimum atomic E-state index is 0. The molecule has 0 spiro atoms. The van der Waals surface area contributed by atoms with Gasteiger partial charge < -0.3 is 5.32 Å². The van der Waals surface area contributed by atoms with E-state index in [-0.39, 0.29) is 12.4 Å². The maximum Gasteiger partial charge on any atom is 0.0794 e. The van der Waals surface area contributed by atoms with E-state index in [0.29, 0.717) is 6.04 Å². The lowest BCUT2D eigenvalue weighted by atomic mass is 10.1. The van der Waals surface area contributed by atoms with Crippen molar-refractivity contribution >= 4 is 23.7 Å². The zero-order valence-corrected chi connectivity index (χ0v) is 12.6. The van der Waals surface area contributed by atoms with Crippen molar-refractivity contribution in [2.45, 2.75) is 19.5 Å². The second kappa shape index (κ2) is 6.52.